The van der Waals surface area contributed by atoms with Gasteiger partial charge in [0, 0.05) is 5.69 Å². The van der Waals surface area contributed by atoms with Crippen molar-refractivity contribution in [3.63, 3.8) is 0 Å². The van der Waals surface area contributed by atoms with Crippen LogP contribution in [0.4, 0.5) is 18.9 Å². The van der Waals surface area contributed by atoms with Crippen molar-refractivity contribution in [2.75, 3.05) is 18.5 Å². The van der Waals surface area contributed by atoms with Crippen LogP contribution in [0.5, 0.6) is 5.75 Å². The summed E-state index contributed by atoms with van der Waals surface area (Å²) < 4.78 is 41.5. The van der Waals surface area contributed by atoms with Crippen molar-refractivity contribution in [1.29, 1.82) is 0 Å². The molecule has 0 heterocycles. The molecule has 0 aromatic heterocycles. The molecule has 0 aliphatic rings. The van der Waals surface area contributed by atoms with Crippen LogP contribution in [-0.4, -0.2) is 31.1 Å². The highest BCUT2D eigenvalue weighted by molar-refractivity contribution is 5.92. The third-order valence-electron chi connectivity index (χ3n) is 3.48. The molecule has 2 aromatic rings. The van der Waals surface area contributed by atoms with Crippen LogP contribution in [0.1, 0.15) is 11.1 Å². The molecule has 0 saturated carbocycles. The predicted octanol–water partition coefficient (Wildman–Crippen LogP) is 3.23. The van der Waals surface area contributed by atoms with Gasteiger partial charge in [0.25, 0.3) is 5.91 Å². The summed E-state index contributed by atoms with van der Waals surface area (Å²) in [7, 11) is 0. The van der Waals surface area contributed by atoms with Crippen LogP contribution in [0.2, 0.25) is 0 Å². The maximum absolute atomic E-state index is 12.1. The monoisotopic (exact) mass is 380 g/mol. The average molecular weight is 380 g/mol. The Kier molecular flexibility index (Phi) is 6.81. The Balaban J connectivity index is 1.78. The number of rotatable bonds is 7. The van der Waals surface area contributed by atoms with E-state index < -0.39 is 18.6 Å². The summed E-state index contributed by atoms with van der Waals surface area (Å²) in [5, 5.41) is 4.44. The zero-order valence-electron chi connectivity index (χ0n) is 14.6. The van der Waals surface area contributed by atoms with Crippen molar-refractivity contribution in [2.24, 2.45) is 0 Å². The first kappa shape index (κ1) is 20.3. The molecule has 2 rings (SSSR count). The quantitative estimate of drug-likeness (QED) is 0.775. The first-order valence-electron chi connectivity index (χ1n) is 8.13. The fraction of sp³-hybridized carbons (Fsp3) is 0.263. The number of nitrogens with one attached hydrogen (secondary N) is 2. The molecule has 8 heteroatoms. The number of hydrogen-bond acceptors (Lipinski definition) is 3. The average Bonchev–Trinajstić information content (AvgIpc) is 2.61. The molecular weight excluding hydrogens is 361 g/mol. The van der Waals surface area contributed by atoms with Crippen molar-refractivity contribution in [2.45, 2.75) is 19.5 Å². The third kappa shape index (κ3) is 7.81. The van der Waals surface area contributed by atoms with Gasteiger partial charge in [0.2, 0.25) is 5.91 Å². The number of halogens is 3. The maximum atomic E-state index is 12.1. The van der Waals surface area contributed by atoms with E-state index in [-0.39, 0.29) is 18.9 Å². The van der Waals surface area contributed by atoms with Gasteiger partial charge in [0.1, 0.15) is 12.3 Å². The van der Waals surface area contributed by atoms with Crippen LogP contribution in [0.3, 0.4) is 0 Å². The summed E-state index contributed by atoms with van der Waals surface area (Å²) in [6.45, 7) is 0.422. The number of amides is 2. The number of benzene rings is 2. The van der Waals surface area contributed by atoms with Gasteiger partial charge in [-0.1, -0.05) is 29.8 Å². The molecule has 0 aliphatic carbocycles. The van der Waals surface area contributed by atoms with E-state index in [0.717, 1.165) is 5.56 Å². The van der Waals surface area contributed by atoms with Gasteiger partial charge in [0.05, 0.1) is 6.42 Å². The SMILES string of the molecule is Cc1ccc(OCC(=O)Nc2ccc(CC(=O)NCC(F)(F)F)cc2)cc1. The summed E-state index contributed by atoms with van der Waals surface area (Å²) >= 11 is 0. The normalized spacial score (nSPS) is 11.0. The fourth-order valence-corrected chi connectivity index (χ4v) is 2.13. The molecule has 0 bridgehead atoms. The van der Waals surface area contributed by atoms with Crippen LogP contribution in [-0.2, 0) is 16.0 Å². The van der Waals surface area contributed by atoms with E-state index in [0.29, 0.717) is 17.0 Å². The molecule has 2 N–H and O–H groups in total. The van der Waals surface area contributed by atoms with Crippen LogP contribution in [0, 0.1) is 6.92 Å². The van der Waals surface area contributed by atoms with Gasteiger partial charge in [-0.15, -0.1) is 0 Å². The van der Waals surface area contributed by atoms with Gasteiger partial charge in [-0.3, -0.25) is 9.59 Å². The van der Waals surface area contributed by atoms with Crippen molar-refractivity contribution < 1.29 is 27.5 Å². The largest absolute Gasteiger partial charge is 0.484 e. The van der Waals surface area contributed by atoms with Gasteiger partial charge in [-0.05, 0) is 36.8 Å². The number of aryl methyl sites for hydroxylation is 1. The lowest BCUT2D eigenvalue weighted by atomic mass is 10.1. The number of alkyl halides is 3. The summed E-state index contributed by atoms with van der Waals surface area (Å²) in [6.07, 6.45) is -4.62. The zero-order chi connectivity index (χ0) is 19.9. The number of ether oxygens (including phenoxy) is 1. The van der Waals surface area contributed by atoms with Crippen LogP contribution < -0.4 is 15.4 Å². The molecule has 0 radical (unpaired) electrons. The van der Waals surface area contributed by atoms with Crippen LogP contribution in [0.25, 0.3) is 0 Å². The van der Waals surface area contributed by atoms with Crippen LogP contribution >= 0.6 is 0 Å². The molecule has 0 unspecified atom stereocenters. The van der Waals surface area contributed by atoms with Gasteiger partial charge in [-0.2, -0.15) is 13.2 Å². The molecule has 0 saturated heterocycles. The first-order chi connectivity index (χ1) is 12.7. The second-order valence-corrected chi connectivity index (χ2v) is 5.92. The summed E-state index contributed by atoms with van der Waals surface area (Å²) in [5.41, 5.74) is 2.11. The Morgan fingerprint density at radius 1 is 0.963 bits per heavy atom. The van der Waals surface area contributed by atoms with E-state index in [2.05, 4.69) is 5.32 Å². The Hall–Kier alpha value is -3.03. The molecule has 0 atom stereocenters. The van der Waals surface area contributed by atoms with Gasteiger partial charge >= 0.3 is 6.18 Å². The Labute approximate surface area is 154 Å². The third-order valence-corrected chi connectivity index (χ3v) is 3.48. The lowest BCUT2D eigenvalue weighted by Crippen LogP contribution is -2.34. The smallest absolute Gasteiger partial charge is 0.405 e. The van der Waals surface area contributed by atoms with E-state index >= 15 is 0 Å². The number of anilines is 1. The minimum absolute atomic E-state index is 0.162. The van der Waals surface area contributed by atoms with E-state index in [1.807, 2.05) is 19.1 Å². The van der Waals surface area contributed by atoms with Crippen molar-refractivity contribution in [3.05, 3.63) is 59.7 Å². The highest BCUT2D eigenvalue weighted by Crippen LogP contribution is 2.14. The van der Waals surface area contributed by atoms with Crippen molar-refractivity contribution in [3.8, 4) is 5.75 Å². The molecular formula is C19H19F3N2O3. The van der Waals surface area contributed by atoms with Crippen LogP contribution in [0.15, 0.2) is 48.5 Å². The van der Waals surface area contributed by atoms with E-state index in [1.54, 1.807) is 41.7 Å². The predicted molar refractivity (Wildman–Crippen MR) is 94.5 cm³/mol. The van der Waals surface area contributed by atoms with E-state index in [9.17, 15) is 22.8 Å². The molecule has 0 spiro atoms. The first-order valence-corrected chi connectivity index (χ1v) is 8.13. The molecule has 0 fully saturated rings. The zero-order valence-corrected chi connectivity index (χ0v) is 14.6. The Morgan fingerprint density at radius 3 is 2.19 bits per heavy atom. The topological polar surface area (TPSA) is 67.4 Å². The van der Waals surface area contributed by atoms with Gasteiger partial charge in [0.15, 0.2) is 6.61 Å². The standard InChI is InChI=1S/C19H19F3N2O3/c1-13-2-8-16(9-3-13)27-11-18(26)24-15-6-4-14(5-7-15)10-17(25)23-12-19(20,21)22/h2-9H,10-12H2,1H3,(H,23,25)(H,24,26). The molecule has 2 amide bonds. The molecule has 5 nitrogen and oxygen atoms in total. The fourth-order valence-electron chi connectivity index (χ4n) is 2.13. The minimum atomic E-state index is -4.44. The Morgan fingerprint density at radius 2 is 1.59 bits per heavy atom. The molecule has 2 aromatic carbocycles. The molecule has 144 valence electrons. The van der Waals surface area contributed by atoms with E-state index in [1.165, 1.54) is 0 Å². The molecule has 0 aliphatic heterocycles. The second kappa shape index (κ2) is 9.07. The highest BCUT2D eigenvalue weighted by Gasteiger charge is 2.27. The summed E-state index contributed by atoms with van der Waals surface area (Å²) in [4.78, 5) is 23.4. The van der Waals surface area contributed by atoms with Crippen molar-refractivity contribution in [1.82, 2.24) is 5.32 Å². The lowest BCUT2D eigenvalue weighted by molar-refractivity contribution is -0.138. The maximum Gasteiger partial charge on any atom is 0.405 e. The number of carbonyl (C=O) groups excluding carboxylic acids is 2. The van der Waals surface area contributed by atoms with E-state index in [4.69, 9.17) is 4.74 Å². The highest BCUT2D eigenvalue weighted by atomic mass is 19.4. The van der Waals surface area contributed by atoms with Crippen molar-refractivity contribution >= 4 is 17.5 Å². The Bertz CT molecular complexity index is 772. The summed E-state index contributed by atoms with van der Waals surface area (Å²) in [6, 6.07) is 13.5. The number of hydrogen-bond donors (Lipinski definition) is 2. The minimum Gasteiger partial charge on any atom is -0.484 e. The second-order valence-electron chi connectivity index (χ2n) is 5.92. The van der Waals surface area contributed by atoms with Gasteiger partial charge in [-0.25, -0.2) is 0 Å². The van der Waals surface area contributed by atoms with Gasteiger partial charge < -0.3 is 15.4 Å². The number of carbonyl (C=O) groups is 2. The lowest BCUT2D eigenvalue weighted by Gasteiger charge is -2.10. The summed E-state index contributed by atoms with van der Waals surface area (Å²) in [5.74, 6) is -0.502. The molecule has 27 heavy (non-hydrogen) atoms.